The molecule has 0 bridgehead atoms. The molecule has 0 aromatic heterocycles. The van der Waals surface area contributed by atoms with Crippen LogP contribution < -0.4 is 0 Å². The standard InChI is InChI=1S/C6H11NO4/c1-3-4-5(7(9)10)6(8)11-2/h5H,3-4H2,1-2H3/t5-/m0/s1. The second kappa shape index (κ2) is 4.65. The van der Waals surface area contributed by atoms with Gasteiger partial charge in [-0.15, -0.1) is 0 Å². The molecule has 11 heavy (non-hydrogen) atoms. The third-order valence-corrected chi connectivity index (χ3v) is 1.29. The number of rotatable bonds is 4. The van der Waals surface area contributed by atoms with E-state index in [4.69, 9.17) is 0 Å². The van der Waals surface area contributed by atoms with Gasteiger partial charge in [0.05, 0.1) is 7.11 Å². The van der Waals surface area contributed by atoms with Crippen LogP contribution in [0.5, 0.6) is 0 Å². The Morgan fingerprint density at radius 3 is 2.55 bits per heavy atom. The molecule has 0 saturated heterocycles. The molecule has 0 radical (unpaired) electrons. The summed E-state index contributed by atoms with van der Waals surface area (Å²) in [4.78, 5) is 20.3. The van der Waals surface area contributed by atoms with Crippen molar-refractivity contribution in [2.75, 3.05) is 7.11 Å². The van der Waals surface area contributed by atoms with Crippen LogP contribution in [0.15, 0.2) is 0 Å². The van der Waals surface area contributed by atoms with E-state index < -0.39 is 16.9 Å². The van der Waals surface area contributed by atoms with E-state index in [1.165, 1.54) is 0 Å². The predicted molar refractivity (Wildman–Crippen MR) is 37.7 cm³/mol. The smallest absolute Gasteiger partial charge is 0.381 e. The summed E-state index contributed by atoms with van der Waals surface area (Å²) in [5.41, 5.74) is 0. The molecule has 64 valence electrons. The average molecular weight is 161 g/mol. The van der Waals surface area contributed by atoms with Gasteiger partial charge in [-0.1, -0.05) is 6.92 Å². The van der Waals surface area contributed by atoms with Crippen LogP contribution in [0.25, 0.3) is 0 Å². The lowest BCUT2D eigenvalue weighted by Crippen LogP contribution is -2.30. The van der Waals surface area contributed by atoms with Gasteiger partial charge in [0, 0.05) is 11.3 Å². The molecule has 0 rings (SSSR count). The van der Waals surface area contributed by atoms with E-state index in [2.05, 4.69) is 4.74 Å². The van der Waals surface area contributed by atoms with Crippen LogP contribution in [0, 0.1) is 10.1 Å². The van der Waals surface area contributed by atoms with E-state index in [0.717, 1.165) is 7.11 Å². The second-order valence-electron chi connectivity index (χ2n) is 2.11. The third kappa shape index (κ3) is 2.97. The number of methoxy groups -OCH3 is 1. The summed E-state index contributed by atoms with van der Waals surface area (Å²) in [6, 6.07) is -1.19. The van der Waals surface area contributed by atoms with Gasteiger partial charge >= 0.3 is 12.0 Å². The molecule has 0 aliphatic rings. The van der Waals surface area contributed by atoms with Crippen LogP contribution in [-0.4, -0.2) is 24.0 Å². The summed E-state index contributed by atoms with van der Waals surface area (Å²) in [7, 11) is 1.15. The molecule has 1 atom stereocenters. The SMILES string of the molecule is CCC[C@@H](C(=O)OC)[N+](=O)[O-]. The minimum atomic E-state index is -1.19. The number of nitrogens with zero attached hydrogens (tertiary/aromatic N) is 1. The van der Waals surface area contributed by atoms with Crippen LogP contribution in [-0.2, 0) is 9.53 Å². The molecule has 0 heterocycles. The molecule has 0 spiro atoms. The number of nitro groups is 1. The summed E-state index contributed by atoms with van der Waals surface area (Å²) in [5.74, 6) is -0.767. The van der Waals surface area contributed by atoms with Crippen LogP contribution in [0.3, 0.4) is 0 Å². The lowest BCUT2D eigenvalue weighted by Gasteiger charge is -2.04. The minimum Gasteiger partial charge on any atom is -0.464 e. The Hall–Kier alpha value is -1.13. The van der Waals surface area contributed by atoms with Gasteiger partial charge in [0.2, 0.25) is 0 Å². The van der Waals surface area contributed by atoms with Gasteiger partial charge in [-0.25, -0.2) is 4.79 Å². The highest BCUT2D eigenvalue weighted by Gasteiger charge is 2.28. The fraction of sp³-hybridized carbons (Fsp3) is 0.833. The van der Waals surface area contributed by atoms with Gasteiger partial charge < -0.3 is 4.74 Å². The number of carbonyl (C=O) groups is 1. The molecular weight excluding hydrogens is 150 g/mol. The van der Waals surface area contributed by atoms with E-state index in [1.807, 2.05) is 0 Å². The molecule has 0 aromatic carbocycles. The van der Waals surface area contributed by atoms with Gasteiger partial charge in [-0.05, 0) is 6.42 Å². The normalized spacial score (nSPS) is 12.2. The summed E-state index contributed by atoms with van der Waals surface area (Å²) < 4.78 is 4.25. The molecular formula is C6H11NO4. The van der Waals surface area contributed by atoms with Crippen molar-refractivity contribution in [3.63, 3.8) is 0 Å². The molecule has 5 nitrogen and oxygen atoms in total. The number of hydrogen-bond acceptors (Lipinski definition) is 4. The predicted octanol–water partition coefficient (Wildman–Crippen LogP) is 0.605. The maximum atomic E-state index is 10.7. The molecule has 0 unspecified atom stereocenters. The van der Waals surface area contributed by atoms with Crippen molar-refractivity contribution < 1.29 is 14.5 Å². The Morgan fingerprint density at radius 2 is 2.27 bits per heavy atom. The van der Waals surface area contributed by atoms with E-state index in [0.29, 0.717) is 6.42 Å². The van der Waals surface area contributed by atoms with Gasteiger partial charge in [0.25, 0.3) is 0 Å². The van der Waals surface area contributed by atoms with E-state index in [9.17, 15) is 14.9 Å². The Labute approximate surface area is 64.5 Å². The van der Waals surface area contributed by atoms with Crippen LogP contribution in [0.2, 0.25) is 0 Å². The summed E-state index contributed by atoms with van der Waals surface area (Å²) in [5, 5.41) is 10.2. The fourth-order valence-corrected chi connectivity index (χ4v) is 0.719. The molecule has 0 N–H and O–H groups in total. The first-order valence-electron chi connectivity index (χ1n) is 3.34. The maximum absolute atomic E-state index is 10.7. The van der Waals surface area contributed by atoms with Crippen LogP contribution in [0.1, 0.15) is 19.8 Å². The number of hydrogen-bond donors (Lipinski definition) is 0. The zero-order valence-electron chi connectivity index (χ0n) is 6.57. The summed E-state index contributed by atoms with van der Waals surface area (Å²) in [6.07, 6.45) is 0.834. The Morgan fingerprint density at radius 1 is 1.73 bits per heavy atom. The molecule has 0 fully saturated rings. The molecule has 0 aromatic rings. The van der Waals surface area contributed by atoms with Crippen molar-refractivity contribution >= 4 is 5.97 Å². The van der Waals surface area contributed by atoms with Gasteiger partial charge in [-0.3, -0.25) is 10.1 Å². The van der Waals surface area contributed by atoms with Crippen LogP contribution >= 0.6 is 0 Å². The highest BCUT2D eigenvalue weighted by molar-refractivity contribution is 5.74. The number of ether oxygens (including phenoxy) is 1. The monoisotopic (exact) mass is 161 g/mol. The molecule has 0 amide bonds. The van der Waals surface area contributed by atoms with Gasteiger partial charge in [0.1, 0.15) is 0 Å². The Kier molecular flexibility index (Phi) is 4.17. The van der Waals surface area contributed by atoms with Gasteiger partial charge in [-0.2, -0.15) is 0 Å². The molecule has 0 aliphatic carbocycles. The second-order valence-corrected chi connectivity index (χ2v) is 2.11. The van der Waals surface area contributed by atoms with Crippen molar-refractivity contribution in [2.24, 2.45) is 0 Å². The first-order chi connectivity index (χ1) is 5.13. The molecule has 0 aliphatic heterocycles. The maximum Gasteiger partial charge on any atom is 0.381 e. The molecule has 5 heteroatoms. The van der Waals surface area contributed by atoms with Crippen molar-refractivity contribution in [3.05, 3.63) is 10.1 Å². The lowest BCUT2D eigenvalue weighted by molar-refractivity contribution is -0.511. The van der Waals surface area contributed by atoms with Crippen molar-refractivity contribution in [1.82, 2.24) is 0 Å². The number of esters is 1. The van der Waals surface area contributed by atoms with Crippen molar-refractivity contribution in [1.29, 1.82) is 0 Å². The Bertz CT molecular complexity index is 157. The number of carbonyl (C=O) groups excluding carboxylic acids is 1. The summed E-state index contributed by atoms with van der Waals surface area (Å²) in [6.45, 7) is 1.78. The van der Waals surface area contributed by atoms with Crippen LogP contribution in [0.4, 0.5) is 0 Å². The first-order valence-corrected chi connectivity index (χ1v) is 3.34. The fourth-order valence-electron chi connectivity index (χ4n) is 0.719. The quantitative estimate of drug-likeness (QED) is 0.344. The van der Waals surface area contributed by atoms with E-state index in [-0.39, 0.29) is 6.42 Å². The summed E-state index contributed by atoms with van der Waals surface area (Å²) >= 11 is 0. The molecule has 0 saturated carbocycles. The third-order valence-electron chi connectivity index (χ3n) is 1.29. The zero-order valence-corrected chi connectivity index (χ0v) is 6.57. The highest BCUT2D eigenvalue weighted by Crippen LogP contribution is 2.02. The average Bonchev–Trinajstić information content (AvgIpc) is 1.98. The Balaban J connectivity index is 4.09. The highest BCUT2D eigenvalue weighted by atomic mass is 16.6. The van der Waals surface area contributed by atoms with Crippen molar-refractivity contribution in [2.45, 2.75) is 25.8 Å². The van der Waals surface area contributed by atoms with E-state index >= 15 is 0 Å². The largest absolute Gasteiger partial charge is 0.464 e. The lowest BCUT2D eigenvalue weighted by atomic mass is 10.2. The van der Waals surface area contributed by atoms with E-state index in [1.54, 1.807) is 6.92 Å². The van der Waals surface area contributed by atoms with Crippen molar-refractivity contribution in [3.8, 4) is 0 Å². The zero-order chi connectivity index (χ0) is 8.85. The van der Waals surface area contributed by atoms with Gasteiger partial charge in [0.15, 0.2) is 0 Å². The first kappa shape index (κ1) is 9.87. The topological polar surface area (TPSA) is 69.4 Å². The minimum absolute atomic E-state index is 0.236.